The topological polar surface area (TPSA) is 70.8 Å². The van der Waals surface area contributed by atoms with Crippen molar-refractivity contribution in [1.29, 1.82) is 0 Å². The van der Waals surface area contributed by atoms with Crippen molar-refractivity contribution in [1.82, 2.24) is 9.21 Å². The molecule has 0 unspecified atom stereocenters. The van der Waals surface area contributed by atoms with Crippen LogP contribution in [0.1, 0.15) is 47.4 Å². The molecule has 0 atom stereocenters. The Balaban J connectivity index is 1.43. The highest BCUT2D eigenvalue weighted by atomic mass is 32.2. The minimum absolute atomic E-state index is 0.0913. The van der Waals surface area contributed by atoms with E-state index in [1.807, 2.05) is 23.1 Å². The van der Waals surface area contributed by atoms with E-state index in [0.29, 0.717) is 31.9 Å². The number of likely N-dealkylation sites (tertiary alicyclic amines) is 1. The van der Waals surface area contributed by atoms with Crippen molar-refractivity contribution in [3.8, 4) is 0 Å². The number of hydrogen-bond acceptors (Lipinski definition) is 4. The lowest BCUT2D eigenvalue weighted by Gasteiger charge is -2.48. The molecule has 7 heteroatoms. The molecule has 0 bridgehead atoms. The molecular formula is C21H24N2O4S. The average molecular weight is 401 g/mol. The predicted octanol–water partition coefficient (Wildman–Crippen LogP) is 2.76. The summed E-state index contributed by atoms with van der Waals surface area (Å²) in [7, 11) is -3.23. The Morgan fingerprint density at radius 3 is 2.50 bits per heavy atom. The van der Waals surface area contributed by atoms with Crippen molar-refractivity contribution in [2.45, 2.75) is 42.9 Å². The third-order valence-corrected chi connectivity index (χ3v) is 8.75. The first-order chi connectivity index (χ1) is 13.5. The van der Waals surface area contributed by atoms with Gasteiger partial charge in [0, 0.05) is 31.6 Å². The van der Waals surface area contributed by atoms with Crippen LogP contribution in [0.15, 0.2) is 47.1 Å². The fourth-order valence-corrected chi connectivity index (χ4v) is 6.62. The van der Waals surface area contributed by atoms with Gasteiger partial charge in [0.05, 0.1) is 11.5 Å². The second-order valence-corrected chi connectivity index (χ2v) is 10.4. The van der Waals surface area contributed by atoms with E-state index < -0.39 is 10.0 Å². The maximum atomic E-state index is 13.0. The molecule has 1 aromatic heterocycles. The number of sulfonamides is 1. The summed E-state index contributed by atoms with van der Waals surface area (Å²) in [4.78, 5) is 14.4. The van der Waals surface area contributed by atoms with Crippen LogP contribution in [0, 0.1) is 0 Å². The van der Waals surface area contributed by atoms with Crippen molar-refractivity contribution in [3.05, 3.63) is 59.5 Å². The number of amides is 1. The number of nitrogens with zero attached hydrogens (tertiary/aromatic N) is 2. The van der Waals surface area contributed by atoms with E-state index in [4.69, 9.17) is 4.42 Å². The van der Waals surface area contributed by atoms with Gasteiger partial charge in [-0.25, -0.2) is 8.42 Å². The van der Waals surface area contributed by atoms with E-state index in [0.717, 1.165) is 31.2 Å². The van der Waals surface area contributed by atoms with E-state index in [1.54, 1.807) is 16.4 Å². The zero-order valence-electron chi connectivity index (χ0n) is 15.7. The Labute approximate surface area is 165 Å². The number of carbonyl (C=O) groups is 1. The predicted molar refractivity (Wildman–Crippen MR) is 104 cm³/mol. The van der Waals surface area contributed by atoms with Crippen LogP contribution >= 0.6 is 0 Å². The number of benzene rings is 1. The Kier molecular flexibility index (Phi) is 4.14. The lowest BCUT2D eigenvalue weighted by Crippen LogP contribution is -2.54. The van der Waals surface area contributed by atoms with Gasteiger partial charge in [-0.15, -0.1) is 0 Å². The molecule has 1 spiro atoms. The van der Waals surface area contributed by atoms with Gasteiger partial charge in [-0.3, -0.25) is 4.79 Å². The summed E-state index contributed by atoms with van der Waals surface area (Å²) >= 11 is 0. The van der Waals surface area contributed by atoms with Crippen molar-refractivity contribution in [3.63, 3.8) is 0 Å². The Hall–Kier alpha value is -2.12. The highest BCUT2D eigenvalue weighted by Gasteiger charge is 2.48. The van der Waals surface area contributed by atoms with Crippen LogP contribution in [0.4, 0.5) is 0 Å². The molecule has 5 rings (SSSR count). The van der Waals surface area contributed by atoms with E-state index in [2.05, 4.69) is 6.07 Å². The molecule has 148 valence electrons. The number of rotatable bonds is 3. The Morgan fingerprint density at radius 2 is 1.82 bits per heavy atom. The van der Waals surface area contributed by atoms with E-state index in [9.17, 15) is 13.2 Å². The summed E-state index contributed by atoms with van der Waals surface area (Å²) in [6.07, 6.45) is 4.58. The van der Waals surface area contributed by atoms with Crippen molar-refractivity contribution < 1.29 is 17.6 Å². The molecule has 1 aromatic carbocycles. The van der Waals surface area contributed by atoms with Gasteiger partial charge in [0.15, 0.2) is 5.76 Å². The molecule has 6 nitrogen and oxygen atoms in total. The second kappa shape index (κ2) is 6.46. The summed E-state index contributed by atoms with van der Waals surface area (Å²) in [6, 6.07) is 11.6. The second-order valence-electron chi connectivity index (χ2n) is 8.22. The van der Waals surface area contributed by atoms with Gasteiger partial charge < -0.3 is 9.32 Å². The van der Waals surface area contributed by atoms with Gasteiger partial charge in [-0.05, 0) is 48.9 Å². The first-order valence-corrected chi connectivity index (χ1v) is 11.4. The van der Waals surface area contributed by atoms with Crippen molar-refractivity contribution >= 4 is 15.9 Å². The van der Waals surface area contributed by atoms with Crippen LogP contribution in [-0.2, 0) is 22.0 Å². The Bertz CT molecular complexity index is 987. The zero-order valence-corrected chi connectivity index (χ0v) is 16.5. The van der Waals surface area contributed by atoms with E-state index in [1.165, 1.54) is 11.8 Å². The molecule has 3 heterocycles. The molecule has 1 amide bonds. The molecule has 0 radical (unpaired) electrons. The maximum Gasteiger partial charge on any atom is 0.289 e. The van der Waals surface area contributed by atoms with Gasteiger partial charge in [0.2, 0.25) is 10.0 Å². The standard InChI is InChI=1S/C21H24N2O4S/c24-20(19-6-3-13-27-19)22-11-9-21(10-12-22)15-23(28(25,26)17-7-8-17)14-16-4-1-2-5-18(16)21/h1-6,13,17H,7-12,14-15H2. The smallest absolute Gasteiger partial charge is 0.289 e. The van der Waals surface area contributed by atoms with Crippen LogP contribution in [0.25, 0.3) is 0 Å². The molecule has 3 aliphatic rings. The molecule has 1 aliphatic carbocycles. The summed E-state index contributed by atoms with van der Waals surface area (Å²) in [5, 5.41) is -0.199. The first-order valence-electron chi connectivity index (χ1n) is 9.90. The molecule has 2 aliphatic heterocycles. The summed E-state index contributed by atoms with van der Waals surface area (Å²) in [5.41, 5.74) is 2.13. The number of piperidine rings is 1. The lowest BCUT2D eigenvalue weighted by atomic mass is 9.69. The fraction of sp³-hybridized carbons (Fsp3) is 0.476. The number of furan rings is 1. The highest BCUT2D eigenvalue weighted by molar-refractivity contribution is 7.90. The van der Waals surface area contributed by atoms with Gasteiger partial charge >= 0.3 is 0 Å². The minimum Gasteiger partial charge on any atom is -0.459 e. The number of fused-ring (bicyclic) bond motifs is 2. The van der Waals surface area contributed by atoms with Gasteiger partial charge in [0.25, 0.3) is 5.91 Å². The largest absolute Gasteiger partial charge is 0.459 e. The molecule has 2 aromatic rings. The molecule has 28 heavy (non-hydrogen) atoms. The lowest BCUT2D eigenvalue weighted by molar-refractivity contribution is 0.0606. The average Bonchev–Trinajstić information content (AvgIpc) is 3.44. The number of carbonyl (C=O) groups excluding carboxylic acids is 1. The zero-order chi connectivity index (χ0) is 19.4. The van der Waals surface area contributed by atoms with Crippen molar-refractivity contribution in [2.24, 2.45) is 0 Å². The summed E-state index contributed by atoms with van der Waals surface area (Å²) in [6.45, 7) is 2.19. The molecule has 1 saturated heterocycles. The van der Waals surface area contributed by atoms with E-state index in [-0.39, 0.29) is 16.6 Å². The van der Waals surface area contributed by atoms with Crippen LogP contribution in [-0.4, -0.2) is 48.4 Å². The van der Waals surface area contributed by atoms with Crippen LogP contribution in [0.3, 0.4) is 0 Å². The van der Waals surface area contributed by atoms with Crippen LogP contribution in [0.2, 0.25) is 0 Å². The third-order valence-electron chi connectivity index (χ3n) is 6.46. The van der Waals surface area contributed by atoms with Gasteiger partial charge in [0.1, 0.15) is 0 Å². The third kappa shape index (κ3) is 2.88. The number of hydrogen-bond donors (Lipinski definition) is 0. The molecule has 0 N–H and O–H groups in total. The van der Waals surface area contributed by atoms with Gasteiger partial charge in [-0.2, -0.15) is 4.31 Å². The monoisotopic (exact) mass is 400 g/mol. The quantitative estimate of drug-likeness (QED) is 0.794. The van der Waals surface area contributed by atoms with E-state index >= 15 is 0 Å². The highest BCUT2D eigenvalue weighted by Crippen LogP contribution is 2.44. The van der Waals surface area contributed by atoms with Crippen molar-refractivity contribution in [2.75, 3.05) is 19.6 Å². The fourth-order valence-electron chi connectivity index (χ4n) is 4.72. The van der Waals surface area contributed by atoms with Gasteiger partial charge in [-0.1, -0.05) is 24.3 Å². The van der Waals surface area contributed by atoms with Crippen LogP contribution < -0.4 is 0 Å². The normalized spacial score (nSPS) is 22.2. The molecule has 1 saturated carbocycles. The SMILES string of the molecule is O=C(c1ccco1)N1CCC2(CC1)CN(S(=O)(=O)C1CC1)Cc1ccccc12. The summed E-state index contributed by atoms with van der Waals surface area (Å²) in [5.74, 6) is 0.268. The molecule has 2 fully saturated rings. The Morgan fingerprint density at radius 1 is 1.07 bits per heavy atom. The first kappa shape index (κ1) is 17.9. The minimum atomic E-state index is -3.23. The maximum absolute atomic E-state index is 13.0. The molecular weight excluding hydrogens is 376 g/mol. The van der Waals surface area contributed by atoms with Crippen LogP contribution in [0.5, 0.6) is 0 Å². The summed E-state index contributed by atoms with van der Waals surface area (Å²) < 4.78 is 32.9.